The van der Waals surface area contributed by atoms with Gasteiger partial charge in [-0.25, -0.2) is 0 Å². The number of ether oxygens (including phenoxy) is 1. The van der Waals surface area contributed by atoms with E-state index in [-0.39, 0.29) is 11.8 Å². The Bertz CT molecular complexity index is 1380. The van der Waals surface area contributed by atoms with Crippen LogP contribution in [0.5, 0.6) is 0 Å². The minimum atomic E-state index is -0.713. The van der Waals surface area contributed by atoms with E-state index in [9.17, 15) is 0 Å². The van der Waals surface area contributed by atoms with E-state index >= 15 is 0 Å². The Labute approximate surface area is 235 Å². The van der Waals surface area contributed by atoms with Gasteiger partial charge in [-0.2, -0.15) is 0 Å². The summed E-state index contributed by atoms with van der Waals surface area (Å²) in [5, 5.41) is 2.80. The molecule has 2 aliphatic carbocycles. The summed E-state index contributed by atoms with van der Waals surface area (Å²) in [7, 11) is -0.713. The van der Waals surface area contributed by atoms with Gasteiger partial charge in [0.25, 0.3) is 0 Å². The van der Waals surface area contributed by atoms with E-state index in [1.807, 2.05) is 0 Å². The molecule has 4 atom stereocenters. The first-order valence-corrected chi connectivity index (χ1v) is 16.0. The molecule has 0 amide bonds. The van der Waals surface area contributed by atoms with Crippen LogP contribution in [0.1, 0.15) is 67.9 Å². The topological polar surface area (TPSA) is 9.23 Å². The van der Waals surface area contributed by atoms with E-state index in [2.05, 4.69) is 136 Å². The summed E-state index contributed by atoms with van der Waals surface area (Å²) in [6, 6.07) is 40.3. The molecule has 39 heavy (non-hydrogen) atoms. The van der Waals surface area contributed by atoms with Crippen molar-refractivity contribution in [2.24, 2.45) is 17.8 Å². The first kappa shape index (κ1) is 26.1. The van der Waals surface area contributed by atoms with Crippen LogP contribution in [0, 0.1) is 17.8 Å². The maximum absolute atomic E-state index is 7.15. The van der Waals surface area contributed by atoms with Crippen molar-refractivity contribution >= 4 is 30.4 Å². The molecule has 0 aliphatic heterocycles. The van der Waals surface area contributed by atoms with Gasteiger partial charge < -0.3 is 4.74 Å². The Balaban J connectivity index is 1.52. The Morgan fingerprint density at radius 1 is 0.692 bits per heavy atom. The van der Waals surface area contributed by atoms with E-state index in [1.165, 1.54) is 45.7 Å². The fourth-order valence-corrected chi connectivity index (χ4v) is 9.55. The molecule has 2 aliphatic rings. The molecular weight excluding hydrogens is 491 g/mol. The van der Waals surface area contributed by atoms with Crippen LogP contribution in [-0.4, -0.2) is 6.10 Å². The van der Waals surface area contributed by atoms with Crippen LogP contribution in [0.4, 0.5) is 0 Å². The molecule has 0 saturated heterocycles. The summed E-state index contributed by atoms with van der Waals surface area (Å²) >= 11 is 0. The second-order valence-electron chi connectivity index (χ2n) is 11.7. The average Bonchev–Trinajstić information content (AvgIpc) is 3.09. The van der Waals surface area contributed by atoms with Gasteiger partial charge in [0.15, 0.2) is 0 Å². The van der Waals surface area contributed by atoms with Gasteiger partial charge in [-0.15, -0.1) is 0 Å². The predicted molar refractivity (Wildman–Crippen MR) is 168 cm³/mol. The number of rotatable bonds is 6. The zero-order valence-electron chi connectivity index (χ0n) is 23.3. The molecule has 0 bridgehead atoms. The lowest BCUT2D eigenvalue weighted by molar-refractivity contribution is 0.0265. The van der Waals surface area contributed by atoms with Gasteiger partial charge in [0.2, 0.25) is 0 Å². The van der Waals surface area contributed by atoms with Crippen LogP contribution in [0.3, 0.4) is 0 Å². The fourth-order valence-electron chi connectivity index (χ4n) is 6.65. The highest BCUT2D eigenvalue weighted by Gasteiger charge is 2.36. The SMILES string of the molecule is CC(C)[C@H]1CC[C@H](C)C[C@@H]1OC1=Cc2ccccc2[C@H](P(c2ccccc2)c2ccccc2)c2ccccc21. The van der Waals surface area contributed by atoms with E-state index in [1.54, 1.807) is 0 Å². The van der Waals surface area contributed by atoms with Crippen LogP contribution in [0.2, 0.25) is 0 Å². The molecule has 0 heterocycles. The molecule has 1 saturated carbocycles. The van der Waals surface area contributed by atoms with Gasteiger partial charge in [0, 0.05) is 11.2 Å². The maximum atomic E-state index is 7.15. The van der Waals surface area contributed by atoms with Gasteiger partial charge >= 0.3 is 0 Å². The van der Waals surface area contributed by atoms with Gasteiger partial charge in [-0.05, 0) is 71.9 Å². The van der Waals surface area contributed by atoms with E-state index in [0.29, 0.717) is 17.8 Å². The summed E-state index contributed by atoms with van der Waals surface area (Å²) in [6.07, 6.45) is 6.29. The third kappa shape index (κ3) is 5.35. The Morgan fingerprint density at radius 3 is 1.95 bits per heavy atom. The molecule has 2 heteroatoms. The largest absolute Gasteiger partial charge is 0.489 e. The smallest absolute Gasteiger partial charge is 0.127 e. The lowest BCUT2D eigenvalue weighted by atomic mass is 9.75. The predicted octanol–water partition coefficient (Wildman–Crippen LogP) is 9.20. The second kappa shape index (κ2) is 11.5. The van der Waals surface area contributed by atoms with Crippen LogP contribution in [0.15, 0.2) is 109 Å². The maximum Gasteiger partial charge on any atom is 0.127 e. The highest BCUT2D eigenvalue weighted by molar-refractivity contribution is 7.73. The average molecular weight is 531 g/mol. The zero-order valence-corrected chi connectivity index (χ0v) is 24.2. The fraction of sp³-hybridized carbons (Fsp3) is 0.297. The molecule has 6 rings (SSSR count). The minimum absolute atomic E-state index is 0.223. The lowest BCUT2D eigenvalue weighted by Gasteiger charge is -2.38. The van der Waals surface area contributed by atoms with Crippen molar-refractivity contribution in [3.05, 3.63) is 131 Å². The van der Waals surface area contributed by atoms with Crippen molar-refractivity contribution in [1.29, 1.82) is 0 Å². The molecule has 0 spiro atoms. The summed E-state index contributed by atoms with van der Waals surface area (Å²) in [5.41, 5.74) is 5.51. The zero-order chi connectivity index (χ0) is 26.8. The van der Waals surface area contributed by atoms with Crippen molar-refractivity contribution in [3.8, 4) is 0 Å². The summed E-state index contributed by atoms with van der Waals surface area (Å²) in [5.74, 6) is 2.96. The van der Waals surface area contributed by atoms with E-state index < -0.39 is 7.92 Å². The van der Waals surface area contributed by atoms with Crippen LogP contribution in [0.25, 0.3) is 11.8 Å². The first-order valence-electron chi connectivity index (χ1n) is 14.6. The van der Waals surface area contributed by atoms with Crippen molar-refractivity contribution in [2.75, 3.05) is 0 Å². The first-order chi connectivity index (χ1) is 19.1. The molecule has 198 valence electrons. The molecule has 0 aromatic heterocycles. The van der Waals surface area contributed by atoms with Gasteiger partial charge in [0.1, 0.15) is 11.9 Å². The molecule has 1 nitrogen and oxygen atoms in total. The molecule has 0 N–H and O–H groups in total. The highest BCUT2D eigenvalue weighted by Crippen LogP contribution is 2.57. The number of fused-ring (bicyclic) bond motifs is 2. The Kier molecular flexibility index (Phi) is 7.71. The second-order valence-corrected chi connectivity index (χ2v) is 13.9. The molecule has 1 fully saturated rings. The summed E-state index contributed by atoms with van der Waals surface area (Å²) in [6.45, 7) is 7.12. The normalized spacial score (nSPS) is 22.5. The van der Waals surface area contributed by atoms with Crippen molar-refractivity contribution in [1.82, 2.24) is 0 Å². The lowest BCUT2D eigenvalue weighted by Crippen LogP contribution is -2.34. The van der Waals surface area contributed by atoms with Crippen molar-refractivity contribution in [3.63, 3.8) is 0 Å². The van der Waals surface area contributed by atoms with E-state index in [0.717, 1.165) is 12.2 Å². The molecule has 0 unspecified atom stereocenters. The standard InChI is InChI=1S/C37H39OP/c1-26(2)31-23-22-27(3)24-35(31)38-36-25-28-14-10-11-19-32(28)37(34-21-13-12-20-33(34)36)39(29-15-6-4-7-16-29)30-17-8-5-9-18-30/h4-21,25-27,31,35,37H,22-24H2,1-3H3/t27-,31+,35-,37-/m0/s1. The number of benzene rings is 4. The highest BCUT2D eigenvalue weighted by atomic mass is 31.1. The molecule has 4 aromatic rings. The third-order valence-corrected chi connectivity index (χ3v) is 11.4. The molecule has 0 radical (unpaired) electrons. The Morgan fingerprint density at radius 2 is 1.28 bits per heavy atom. The number of hydrogen-bond donors (Lipinski definition) is 0. The number of hydrogen-bond acceptors (Lipinski definition) is 1. The third-order valence-electron chi connectivity index (χ3n) is 8.66. The van der Waals surface area contributed by atoms with Crippen LogP contribution >= 0.6 is 7.92 Å². The van der Waals surface area contributed by atoms with Gasteiger partial charge in [0.05, 0.1) is 0 Å². The van der Waals surface area contributed by atoms with Gasteiger partial charge in [-0.3, -0.25) is 0 Å². The monoisotopic (exact) mass is 530 g/mol. The van der Waals surface area contributed by atoms with Crippen molar-refractivity contribution in [2.45, 2.75) is 51.8 Å². The molecular formula is C37H39OP. The van der Waals surface area contributed by atoms with Gasteiger partial charge in [-0.1, -0.05) is 136 Å². The Hall–Kier alpha value is -3.15. The van der Waals surface area contributed by atoms with Crippen molar-refractivity contribution < 1.29 is 4.74 Å². The summed E-state index contributed by atoms with van der Waals surface area (Å²) < 4.78 is 7.15. The quantitative estimate of drug-likeness (QED) is 0.226. The molecule has 4 aromatic carbocycles. The van der Waals surface area contributed by atoms with E-state index in [4.69, 9.17) is 4.74 Å². The van der Waals surface area contributed by atoms with Crippen LogP contribution in [-0.2, 0) is 4.74 Å². The summed E-state index contributed by atoms with van der Waals surface area (Å²) in [4.78, 5) is 0. The minimum Gasteiger partial charge on any atom is -0.489 e. The van der Waals surface area contributed by atoms with Crippen LogP contribution < -0.4 is 10.6 Å².